The Bertz CT molecular complexity index is 1640. The summed E-state index contributed by atoms with van der Waals surface area (Å²) in [4.78, 5) is 46.6. The van der Waals surface area contributed by atoms with Gasteiger partial charge in [0.15, 0.2) is 10.9 Å². The maximum atomic E-state index is 13.2. The number of amides is 1. The van der Waals surface area contributed by atoms with Crippen LogP contribution in [0.3, 0.4) is 0 Å². The molecule has 0 spiro atoms. The minimum Gasteiger partial charge on any atom is -0.361 e. The molecule has 0 unspecified atom stereocenters. The predicted octanol–water partition coefficient (Wildman–Crippen LogP) is 5.32. The Balaban J connectivity index is 1.36. The Kier molecular flexibility index (Phi) is 7.02. The van der Waals surface area contributed by atoms with Gasteiger partial charge in [-0.05, 0) is 42.3 Å². The van der Waals surface area contributed by atoms with Gasteiger partial charge in [-0.15, -0.1) is 0 Å². The number of aryl methyl sites for hydroxylation is 1. The zero-order valence-electron chi connectivity index (χ0n) is 19.0. The first-order valence-corrected chi connectivity index (χ1v) is 13.1. The number of rotatable bonds is 8. The SMILES string of the molecule is O=C(CCc1c[nH]c2ccccc12)Nn1c(SCC(=O)c2ccc(Br)cc2)nc2ccccc2c1=O. The Morgan fingerprint density at radius 3 is 2.50 bits per heavy atom. The summed E-state index contributed by atoms with van der Waals surface area (Å²) in [7, 11) is 0. The van der Waals surface area contributed by atoms with Gasteiger partial charge in [-0.1, -0.05) is 70.2 Å². The van der Waals surface area contributed by atoms with Crippen LogP contribution in [-0.4, -0.2) is 32.1 Å². The van der Waals surface area contributed by atoms with Crippen LogP contribution in [0.5, 0.6) is 0 Å². The molecule has 0 fully saturated rings. The van der Waals surface area contributed by atoms with E-state index in [2.05, 4.69) is 31.3 Å². The topological polar surface area (TPSA) is 96.8 Å². The highest BCUT2D eigenvalue weighted by Crippen LogP contribution is 2.21. The fourth-order valence-corrected chi connectivity index (χ4v) is 5.04. The summed E-state index contributed by atoms with van der Waals surface area (Å²) in [6, 6.07) is 21.9. The number of thioether (sulfide) groups is 1. The monoisotopic (exact) mass is 560 g/mol. The van der Waals surface area contributed by atoms with Gasteiger partial charge < -0.3 is 4.98 Å². The number of nitrogens with one attached hydrogen (secondary N) is 2. The lowest BCUT2D eigenvalue weighted by atomic mass is 10.1. The fourth-order valence-electron chi connectivity index (χ4n) is 3.92. The molecule has 7 nitrogen and oxygen atoms in total. The molecule has 0 aliphatic carbocycles. The molecule has 36 heavy (non-hydrogen) atoms. The van der Waals surface area contributed by atoms with E-state index in [4.69, 9.17) is 0 Å². The van der Waals surface area contributed by atoms with Gasteiger partial charge in [-0.3, -0.25) is 19.8 Å². The Morgan fingerprint density at radius 1 is 0.972 bits per heavy atom. The van der Waals surface area contributed by atoms with E-state index in [9.17, 15) is 14.4 Å². The summed E-state index contributed by atoms with van der Waals surface area (Å²) in [5, 5.41) is 1.71. The first-order chi connectivity index (χ1) is 17.5. The molecule has 2 N–H and O–H groups in total. The van der Waals surface area contributed by atoms with Crippen LogP contribution in [0.1, 0.15) is 22.3 Å². The number of benzene rings is 3. The molecule has 2 aromatic heterocycles. The zero-order valence-corrected chi connectivity index (χ0v) is 21.4. The minimum absolute atomic E-state index is 0.0671. The zero-order chi connectivity index (χ0) is 25.1. The number of hydrogen-bond donors (Lipinski definition) is 2. The molecule has 0 atom stereocenters. The van der Waals surface area contributed by atoms with Crippen molar-refractivity contribution < 1.29 is 9.59 Å². The number of hydrogen-bond acceptors (Lipinski definition) is 5. The van der Waals surface area contributed by atoms with E-state index in [1.165, 1.54) is 0 Å². The van der Waals surface area contributed by atoms with E-state index in [1.54, 1.807) is 48.5 Å². The number of aromatic amines is 1. The lowest BCUT2D eigenvalue weighted by Crippen LogP contribution is -2.35. The second-order valence-corrected chi connectivity index (χ2v) is 10.0. The van der Waals surface area contributed by atoms with Crippen molar-refractivity contribution in [1.29, 1.82) is 0 Å². The van der Waals surface area contributed by atoms with E-state index in [0.29, 0.717) is 22.9 Å². The first kappa shape index (κ1) is 24.0. The summed E-state index contributed by atoms with van der Waals surface area (Å²) in [6.07, 6.45) is 2.59. The van der Waals surface area contributed by atoms with Crippen LogP contribution >= 0.6 is 27.7 Å². The highest BCUT2D eigenvalue weighted by atomic mass is 79.9. The Morgan fingerprint density at radius 2 is 1.69 bits per heavy atom. The molecule has 0 bridgehead atoms. The minimum atomic E-state index is -0.389. The van der Waals surface area contributed by atoms with Crippen LogP contribution in [0.2, 0.25) is 0 Å². The number of H-pyrrole nitrogens is 1. The molecule has 5 rings (SSSR count). The Hall–Kier alpha value is -3.69. The van der Waals surface area contributed by atoms with Crippen molar-refractivity contribution in [1.82, 2.24) is 14.6 Å². The number of carbonyl (C=O) groups excluding carboxylic acids is 2. The van der Waals surface area contributed by atoms with Crippen LogP contribution in [0.15, 0.2) is 93.4 Å². The number of fused-ring (bicyclic) bond motifs is 2. The predicted molar refractivity (Wildman–Crippen MR) is 146 cm³/mol. The van der Waals surface area contributed by atoms with Crippen molar-refractivity contribution in [2.24, 2.45) is 0 Å². The smallest absolute Gasteiger partial charge is 0.281 e. The van der Waals surface area contributed by atoms with Gasteiger partial charge in [0, 0.05) is 33.6 Å². The van der Waals surface area contributed by atoms with E-state index in [-0.39, 0.29) is 34.6 Å². The van der Waals surface area contributed by atoms with Gasteiger partial charge in [-0.25, -0.2) is 4.98 Å². The number of ketones is 1. The lowest BCUT2D eigenvalue weighted by Gasteiger charge is -2.14. The molecule has 5 aromatic rings. The average Bonchev–Trinajstić information content (AvgIpc) is 3.31. The molecule has 0 radical (unpaired) electrons. The standard InChI is InChI=1S/C27H21BrN4O3S/c28-19-12-9-17(10-13-19)24(33)16-36-27-30-23-8-4-2-6-21(23)26(35)32(27)31-25(34)14-11-18-15-29-22-7-3-1-5-20(18)22/h1-10,12-13,15,29H,11,14,16H2,(H,31,34). The second-order valence-electron chi connectivity index (χ2n) is 8.17. The molecular formula is C27H21BrN4O3S. The van der Waals surface area contributed by atoms with Crippen molar-refractivity contribution in [3.63, 3.8) is 0 Å². The number of carbonyl (C=O) groups is 2. The van der Waals surface area contributed by atoms with Crippen LogP contribution in [0.25, 0.3) is 21.8 Å². The second kappa shape index (κ2) is 10.5. The number of nitrogens with zero attached hydrogens (tertiary/aromatic N) is 2. The number of Topliss-reactive ketones (excluding diaryl/α,β-unsaturated/α-hetero) is 1. The third-order valence-electron chi connectivity index (χ3n) is 5.78. The number of halogens is 1. The van der Waals surface area contributed by atoms with Crippen molar-refractivity contribution in [2.75, 3.05) is 11.2 Å². The number of aromatic nitrogens is 3. The van der Waals surface area contributed by atoms with Crippen LogP contribution < -0.4 is 11.0 Å². The third kappa shape index (κ3) is 5.12. The van der Waals surface area contributed by atoms with Gasteiger partial charge in [0.25, 0.3) is 5.56 Å². The number of para-hydroxylation sites is 2. The maximum Gasteiger partial charge on any atom is 0.281 e. The fraction of sp³-hybridized carbons (Fsp3) is 0.111. The average molecular weight is 561 g/mol. The van der Waals surface area contributed by atoms with Crippen LogP contribution in [-0.2, 0) is 11.2 Å². The highest BCUT2D eigenvalue weighted by molar-refractivity contribution is 9.10. The van der Waals surface area contributed by atoms with Crippen molar-refractivity contribution >= 4 is 61.2 Å². The third-order valence-corrected chi connectivity index (χ3v) is 7.24. The highest BCUT2D eigenvalue weighted by Gasteiger charge is 2.16. The van der Waals surface area contributed by atoms with Crippen molar-refractivity contribution in [2.45, 2.75) is 18.0 Å². The molecule has 2 heterocycles. The molecule has 1 amide bonds. The van der Waals surface area contributed by atoms with E-state index >= 15 is 0 Å². The molecule has 3 aromatic carbocycles. The first-order valence-electron chi connectivity index (χ1n) is 11.3. The van der Waals surface area contributed by atoms with Gasteiger partial charge in [0.2, 0.25) is 5.91 Å². The van der Waals surface area contributed by atoms with Gasteiger partial charge in [0.1, 0.15) is 0 Å². The van der Waals surface area contributed by atoms with Gasteiger partial charge in [-0.2, -0.15) is 4.68 Å². The normalized spacial score (nSPS) is 11.1. The molecule has 0 aliphatic heterocycles. The van der Waals surface area contributed by atoms with E-state index < -0.39 is 0 Å². The summed E-state index contributed by atoms with van der Waals surface area (Å²) >= 11 is 4.48. The van der Waals surface area contributed by atoms with Crippen molar-refractivity contribution in [3.8, 4) is 0 Å². The molecule has 0 saturated heterocycles. The molecule has 0 aliphatic rings. The summed E-state index contributed by atoms with van der Waals surface area (Å²) in [5.74, 6) is -0.356. The Labute approximate surface area is 219 Å². The molecule has 180 valence electrons. The largest absolute Gasteiger partial charge is 0.361 e. The summed E-state index contributed by atoms with van der Waals surface area (Å²) in [6.45, 7) is 0. The van der Waals surface area contributed by atoms with Crippen LogP contribution in [0, 0.1) is 0 Å². The van der Waals surface area contributed by atoms with Gasteiger partial charge >= 0.3 is 0 Å². The maximum absolute atomic E-state index is 13.2. The molecular weight excluding hydrogens is 540 g/mol. The quantitative estimate of drug-likeness (QED) is 0.152. The summed E-state index contributed by atoms with van der Waals surface area (Å²) in [5.41, 5.74) is 5.42. The van der Waals surface area contributed by atoms with E-state index in [0.717, 1.165) is 37.4 Å². The summed E-state index contributed by atoms with van der Waals surface area (Å²) < 4.78 is 2.03. The molecule has 0 saturated carbocycles. The van der Waals surface area contributed by atoms with E-state index in [1.807, 2.05) is 30.5 Å². The van der Waals surface area contributed by atoms with Crippen molar-refractivity contribution in [3.05, 3.63) is 105 Å². The molecule has 9 heteroatoms. The lowest BCUT2D eigenvalue weighted by molar-refractivity contribution is -0.117. The van der Waals surface area contributed by atoms with Gasteiger partial charge in [0.05, 0.1) is 16.7 Å². The van der Waals surface area contributed by atoms with Crippen LogP contribution in [0.4, 0.5) is 0 Å².